The molecule has 1 heterocycles. The van der Waals surface area contributed by atoms with Crippen molar-refractivity contribution in [2.45, 2.75) is 13.3 Å². The molecule has 0 aliphatic carbocycles. The highest BCUT2D eigenvalue weighted by molar-refractivity contribution is 7.21. The van der Waals surface area contributed by atoms with Crippen LogP contribution < -0.4 is 5.32 Å². The SMILES string of the molecule is Cc1ccc(Cc2c(C(=O)Nc3ccc(C(=O)O)cc3)sc3ccccc23)cc1. The van der Waals surface area contributed by atoms with Gasteiger partial charge < -0.3 is 10.4 Å². The van der Waals surface area contributed by atoms with Crippen molar-refractivity contribution in [2.75, 3.05) is 5.32 Å². The van der Waals surface area contributed by atoms with Gasteiger partial charge in [0.1, 0.15) is 0 Å². The van der Waals surface area contributed by atoms with Crippen LogP contribution >= 0.6 is 11.3 Å². The molecule has 29 heavy (non-hydrogen) atoms. The smallest absolute Gasteiger partial charge is 0.335 e. The molecule has 144 valence electrons. The standard InChI is InChI=1S/C24H19NO3S/c1-15-6-8-16(9-7-15)14-20-19-4-2-3-5-21(19)29-22(20)23(26)25-18-12-10-17(11-13-18)24(27)28/h2-13H,14H2,1H3,(H,25,26)(H,27,28). The third kappa shape index (κ3) is 4.05. The summed E-state index contributed by atoms with van der Waals surface area (Å²) >= 11 is 1.48. The summed E-state index contributed by atoms with van der Waals surface area (Å²) in [6, 6.07) is 22.5. The number of benzene rings is 3. The Morgan fingerprint density at radius 1 is 0.931 bits per heavy atom. The first-order valence-corrected chi connectivity index (χ1v) is 10.0. The van der Waals surface area contributed by atoms with Gasteiger partial charge in [0.25, 0.3) is 5.91 Å². The predicted molar refractivity (Wildman–Crippen MR) is 117 cm³/mol. The molecule has 0 fully saturated rings. The predicted octanol–water partition coefficient (Wildman–Crippen LogP) is 5.75. The van der Waals surface area contributed by atoms with Crippen LogP contribution in [-0.2, 0) is 6.42 Å². The van der Waals surface area contributed by atoms with Crippen molar-refractivity contribution in [3.05, 3.63) is 99.9 Å². The number of rotatable bonds is 5. The fraction of sp³-hybridized carbons (Fsp3) is 0.0833. The van der Waals surface area contributed by atoms with E-state index in [0.717, 1.165) is 21.2 Å². The van der Waals surface area contributed by atoms with Gasteiger partial charge in [-0.2, -0.15) is 0 Å². The lowest BCUT2D eigenvalue weighted by molar-refractivity contribution is 0.0696. The van der Waals surface area contributed by atoms with Crippen LogP contribution in [0, 0.1) is 6.92 Å². The van der Waals surface area contributed by atoms with E-state index in [0.29, 0.717) is 17.0 Å². The first-order valence-electron chi connectivity index (χ1n) is 9.22. The second kappa shape index (κ2) is 7.89. The average Bonchev–Trinajstić information content (AvgIpc) is 3.09. The molecule has 0 unspecified atom stereocenters. The van der Waals surface area contributed by atoms with E-state index in [1.54, 1.807) is 12.1 Å². The number of thiophene rings is 1. The Morgan fingerprint density at radius 3 is 2.31 bits per heavy atom. The van der Waals surface area contributed by atoms with Crippen LogP contribution in [0.2, 0.25) is 0 Å². The van der Waals surface area contributed by atoms with Gasteiger partial charge in [-0.15, -0.1) is 11.3 Å². The molecule has 0 aliphatic rings. The molecular weight excluding hydrogens is 382 g/mol. The summed E-state index contributed by atoms with van der Waals surface area (Å²) < 4.78 is 1.07. The van der Waals surface area contributed by atoms with Gasteiger partial charge in [-0.1, -0.05) is 48.0 Å². The van der Waals surface area contributed by atoms with Crippen LogP contribution in [-0.4, -0.2) is 17.0 Å². The summed E-state index contributed by atoms with van der Waals surface area (Å²) in [7, 11) is 0. The van der Waals surface area contributed by atoms with Crippen molar-refractivity contribution in [2.24, 2.45) is 0 Å². The zero-order chi connectivity index (χ0) is 20.4. The van der Waals surface area contributed by atoms with Gasteiger partial charge in [-0.05, 0) is 60.2 Å². The van der Waals surface area contributed by atoms with Crippen molar-refractivity contribution >= 4 is 39.0 Å². The van der Waals surface area contributed by atoms with E-state index in [1.807, 2.05) is 24.3 Å². The van der Waals surface area contributed by atoms with Crippen molar-refractivity contribution in [1.29, 1.82) is 0 Å². The molecule has 0 aliphatic heterocycles. The molecule has 0 bridgehead atoms. The number of carbonyl (C=O) groups excluding carboxylic acids is 1. The van der Waals surface area contributed by atoms with Crippen molar-refractivity contribution < 1.29 is 14.7 Å². The van der Waals surface area contributed by atoms with Gasteiger partial charge in [0.05, 0.1) is 10.4 Å². The minimum absolute atomic E-state index is 0.184. The van der Waals surface area contributed by atoms with Crippen molar-refractivity contribution in [3.63, 3.8) is 0 Å². The molecule has 4 rings (SSSR count). The Morgan fingerprint density at radius 2 is 1.62 bits per heavy atom. The minimum Gasteiger partial charge on any atom is -0.478 e. The second-order valence-electron chi connectivity index (χ2n) is 6.90. The largest absolute Gasteiger partial charge is 0.478 e. The van der Waals surface area contributed by atoms with E-state index in [1.165, 1.54) is 29.0 Å². The summed E-state index contributed by atoms with van der Waals surface area (Å²) in [5, 5.41) is 13.0. The minimum atomic E-state index is -0.993. The van der Waals surface area contributed by atoms with Gasteiger partial charge in [0, 0.05) is 10.4 Å². The third-order valence-corrected chi connectivity index (χ3v) is 6.01. The monoisotopic (exact) mass is 401 g/mol. The second-order valence-corrected chi connectivity index (χ2v) is 7.96. The van der Waals surface area contributed by atoms with Gasteiger partial charge in [-0.3, -0.25) is 4.79 Å². The van der Waals surface area contributed by atoms with E-state index >= 15 is 0 Å². The molecule has 4 nitrogen and oxygen atoms in total. The quantitative estimate of drug-likeness (QED) is 0.447. The highest BCUT2D eigenvalue weighted by atomic mass is 32.1. The highest BCUT2D eigenvalue weighted by Gasteiger charge is 2.19. The molecule has 2 N–H and O–H groups in total. The fourth-order valence-electron chi connectivity index (χ4n) is 3.25. The number of hydrogen-bond donors (Lipinski definition) is 2. The normalized spacial score (nSPS) is 10.8. The number of hydrogen-bond acceptors (Lipinski definition) is 3. The van der Waals surface area contributed by atoms with E-state index in [9.17, 15) is 9.59 Å². The fourth-order valence-corrected chi connectivity index (χ4v) is 4.37. The lowest BCUT2D eigenvalue weighted by Crippen LogP contribution is -2.12. The lowest BCUT2D eigenvalue weighted by Gasteiger charge is -2.08. The highest BCUT2D eigenvalue weighted by Crippen LogP contribution is 2.33. The third-order valence-electron chi connectivity index (χ3n) is 4.80. The van der Waals surface area contributed by atoms with E-state index in [2.05, 4.69) is 36.5 Å². The molecule has 0 saturated heterocycles. The van der Waals surface area contributed by atoms with Gasteiger partial charge in [0.2, 0.25) is 0 Å². The maximum absolute atomic E-state index is 13.1. The number of carboxylic acid groups (broad SMARTS) is 1. The first kappa shape index (κ1) is 18.9. The number of anilines is 1. The topological polar surface area (TPSA) is 66.4 Å². The van der Waals surface area contributed by atoms with E-state index in [4.69, 9.17) is 5.11 Å². The van der Waals surface area contributed by atoms with Gasteiger partial charge >= 0.3 is 5.97 Å². The van der Waals surface area contributed by atoms with Crippen LogP contribution in [0.3, 0.4) is 0 Å². The van der Waals surface area contributed by atoms with Crippen molar-refractivity contribution in [3.8, 4) is 0 Å². The number of nitrogens with one attached hydrogen (secondary N) is 1. The Kier molecular flexibility index (Phi) is 5.14. The Balaban J connectivity index is 1.67. The summed E-state index contributed by atoms with van der Waals surface area (Å²) in [4.78, 5) is 24.7. The van der Waals surface area contributed by atoms with E-state index < -0.39 is 5.97 Å². The van der Waals surface area contributed by atoms with Crippen molar-refractivity contribution in [1.82, 2.24) is 0 Å². The summed E-state index contributed by atoms with van der Waals surface area (Å²) in [5.41, 5.74) is 4.11. The number of aryl methyl sites for hydroxylation is 1. The maximum Gasteiger partial charge on any atom is 0.335 e. The molecule has 0 radical (unpaired) electrons. The number of carbonyl (C=O) groups is 2. The summed E-state index contributed by atoms with van der Waals surface area (Å²) in [6.45, 7) is 2.05. The Labute approximate surface area is 172 Å². The van der Waals surface area contributed by atoms with Gasteiger partial charge in [-0.25, -0.2) is 4.79 Å². The first-order chi connectivity index (χ1) is 14.0. The van der Waals surface area contributed by atoms with Gasteiger partial charge in [0.15, 0.2) is 0 Å². The zero-order valence-corrected chi connectivity index (χ0v) is 16.6. The van der Waals surface area contributed by atoms with Crippen LogP contribution in [0.25, 0.3) is 10.1 Å². The van der Waals surface area contributed by atoms with Crippen LogP contribution in [0.4, 0.5) is 5.69 Å². The number of aromatic carboxylic acids is 1. The number of fused-ring (bicyclic) bond motifs is 1. The Bertz CT molecular complexity index is 1190. The Hall–Kier alpha value is -3.44. The molecule has 0 spiro atoms. The van der Waals surface area contributed by atoms with Crippen LogP contribution in [0.15, 0.2) is 72.8 Å². The molecule has 4 aromatic rings. The molecule has 0 atom stereocenters. The van der Waals surface area contributed by atoms with Crippen LogP contribution in [0.5, 0.6) is 0 Å². The summed E-state index contributed by atoms with van der Waals surface area (Å²) in [5.74, 6) is -1.18. The van der Waals surface area contributed by atoms with E-state index in [-0.39, 0.29) is 11.5 Å². The summed E-state index contributed by atoms with van der Waals surface area (Å²) in [6.07, 6.45) is 0.672. The zero-order valence-electron chi connectivity index (χ0n) is 15.8. The van der Waals surface area contributed by atoms with Crippen LogP contribution in [0.1, 0.15) is 36.7 Å². The molecule has 1 amide bonds. The maximum atomic E-state index is 13.1. The molecular formula is C24H19NO3S. The lowest BCUT2D eigenvalue weighted by atomic mass is 10.0. The molecule has 5 heteroatoms. The average molecular weight is 401 g/mol. The molecule has 0 saturated carbocycles. The number of carboxylic acids is 1. The number of amides is 1. The molecule has 3 aromatic carbocycles. The molecule has 1 aromatic heterocycles.